The highest BCUT2D eigenvalue weighted by Gasteiger charge is 2.38. The lowest BCUT2D eigenvalue weighted by atomic mass is 9.89. The lowest BCUT2D eigenvalue weighted by Crippen LogP contribution is -2.42. The van der Waals surface area contributed by atoms with Gasteiger partial charge in [-0.05, 0) is 75.2 Å². The quantitative estimate of drug-likeness (QED) is 0.336. The number of esters is 2. The van der Waals surface area contributed by atoms with Gasteiger partial charge in [0.05, 0.1) is 18.1 Å². The summed E-state index contributed by atoms with van der Waals surface area (Å²) in [5, 5.41) is 2.95. The van der Waals surface area contributed by atoms with E-state index in [9.17, 15) is 14.4 Å². The van der Waals surface area contributed by atoms with Crippen LogP contribution in [0, 0.1) is 5.92 Å². The Morgan fingerprint density at radius 1 is 1.18 bits per heavy atom. The van der Waals surface area contributed by atoms with Crippen LogP contribution in [0.15, 0.2) is 6.07 Å². The Kier molecular flexibility index (Phi) is 10.3. The topological polar surface area (TPSA) is 90.9 Å². The van der Waals surface area contributed by atoms with E-state index in [1.807, 2.05) is 6.07 Å². The third-order valence-corrected chi connectivity index (χ3v) is 12.4. The molecule has 1 aromatic rings. The SMILES string of the molecule is CCOC(=O)CC[C@H](NC(=O)c1cc2c(s1)CC(CO[Si](C)(C)C(C)(C)C)CC2)C(=O)OCC. The number of amides is 1. The Balaban J connectivity index is 2.01. The number of rotatable bonds is 11. The van der Waals surface area contributed by atoms with Crippen LogP contribution in [0.5, 0.6) is 0 Å². The molecule has 0 fully saturated rings. The normalized spacial score (nSPS) is 17.0. The summed E-state index contributed by atoms with van der Waals surface area (Å²) in [6.07, 6.45) is 3.06. The van der Waals surface area contributed by atoms with Gasteiger partial charge < -0.3 is 19.2 Å². The number of hydrogen-bond acceptors (Lipinski definition) is 7. The smallest absolute Gasteiger partial charge is 0.328 e. The molecule has 1 unspecified atom stereocenters. The Morgan fingerprint density at radius 3 is 2.47 bits per heavy atom. The van der Waals surface area contributed by atoms with Crippen LogP contribution >= 0.6 is 11.3 Å². The molecule has 7 nitrogen and oxygen atoms in total. The molecule has 0 bridgehead atoms. The van der Waals surface area contributed by atoms with Gasteiger partial charge in [-0.1, -0.05) is 20.8 Å². The third kappa shape index (κ3) is 7.92. The van der Waals surface area contributed by atoms with Gasteiger partial charge in [-0.3, -0.25) is 9.59 Å². The van der Waals surface area contributed by atoms with Crippen LogP contribution < -0.4 is 5.32 Å². The van der Waals surface area contributed by atoms with Crippen LogP contribution in [0.2, 0.25) is 18.1 Å². The molecule has 2 rings (SSSR count). The minimum Gasteiger partial charge on any atom is -0.466 e. The molecule has 1 aliphatic rings. The van der Waals surface area contributed by atoms with Crippen molar-refractivity contribution in [2.45, 2.75) is 90.9 Å². The fourth-order valence-electron chi connectivity index (χ4n) is 3.59. The van der Waals surface area contributed by atoms with E-state index in [4.69, 9.17) is 13.9 Å². The Hall–Kier alpha value is -1.71. The molecular formula is C25H41NO6SSi. The average Bonchev–Trinajstić information content (AvgIpc) is 3.18. The monoisotopic (exact) mass is 511 g/mol. The molecule has 0 spiro atoms. The van der Waals surface area contributed by atoms with Gasteiger partial charge in [0.1, 0.15) is 6.04 Å². The first kappa shape index (κ1) is 28.5. The molecule has 0 aromatic carbocycles. The zero-order valence-electron chi connectivity index (χ0n) is 21.7. The van der Waals surface area contributed by atoms with Crippen LogP contribution in [0.25, 0.3) is 0 Å². The number of aryl methyl sites for hydroxylation is 1. The van der Waals surface area contributed by atoms with Gasteiger partial charge in [-0.15, -0.1) is 11.3 Å². The number of nitrogens with one attached hydrogen (secondary N) is 1. The van der Waals surface area contributed by atoms with Crippen molar-refractivity contribution in [2.75, 3.05) is 19.8 Å². The van der Waals surface area contributed by atoms with Crippen LogP contribution in [-0.2, 0) is 36.3 Å². The lowest BCUT2D eigenvalue weighted by Gasteiger charge is -2.37. The third-order valence-electron chi connectivity index (χ3n) is 6.72. The van der Waals surface area contributed by atoms with E-state index in [2.05, 4.69) is 39.2 Å². The van der Waals surface area contributed by atoms with Gasteiger partial charge in [0.25, 0.3) is 5.91 Å². The summed E-state index contributed by atoms with van der Waals surface area (Å²) in [6.45, 7) is 16.0. The zero-order valence-corrected chi connectivity index (χ0v) is 23.6. The van der Waals surface area contributed by atoms with Crippen LogP contribution in [0.4, 0.5) is 0 Å². The van der Waals surface area contributed by atoms with Crippen LogP contribution in [0.3, 0.4) is 0 Å². The predicted octanol–water partition coefficient (Wildman–Crippen LogP) is 4.88. The number of carbonyl (C=O) groups excluding carboxylic acids is 3. The molecule has 34 heavy (non-hydrogen) atoms. The largest absolute Gasteiger partial charge is 0.466 e. The first-order valence-electron chi connectivity index (χ1n) is 12.3. The second-order valence-corrected chi connectivity index (χ2v) is 16.3. The molecule has 2 atom stereocenters. The zero-order chi connectivity index (χ0) is 25.5. The van der Waals surface area contributed by atoms with Crippen molar-refractivity contribution in [1.82, 2.24) is 5.32 Å². The second-order valence-electron chi connectivity index (χ2n) is 10.4. The van der Waals surface area contributed by atoms with E-state index in [0.717, 1.165) is 25.9 Å². The van der Waals surface area contributed by atoms with E-state index in [1.54, 1.807) is 13.8 Å². The molecular weight excluding hydrogens is 470 g/mol. The van der Waals surface area contributed by atoms with Gasteiger partial charge in [-0.2, -0.15) is 0 Å². The highest BCUT2D eigenvalue weighted by atomic mass is 32.1. The summed E-state index contributed by atoms with van der Waals surface area (Å²) >= 11 is 1.49. The first-order chi connectivity index (χ1) is 15.9. The maximum absolute atomic E-state index is 13.0. The fraction of sp³-hybridized carbons (Fsp3) is 0.720. The number of ether oxygens (including phenoxy) is 2. The molecule has 0 radical (unpaired) electrons. The minimum absolute atomic E-state index is 0.0362. The maximum atomic E-state index is 13.0. The number of thiophene rings is 1. The maximum Gasteiger partial charge on any atom is 0.328 e. The highest BCUT2D eigenvalue weighted by molar-refractivity contribution is 7.14. The van der Waals surface area contributed by atoms with Gasteiger partial charge in [0.15, 0.2) is 8.32 Å². The number of fused-ring (bicyclic) bond motifs is 1. The molecule has 1 aromatic heterocycles. The van der Waals surface area contributed by atoms with Crippen molar-refractivity contribution in [1.29, 1.82) is 0 Å². The molecule has 9 heteroatoms. The van der Waals surface area contributed by atoms with E-state index < -0.39 is 26.3 Å². The van der Waals surface area contributed by atoms with Crippen molar-refractivity contribution in [3.8, 4) is 0 Å². The van der Waals surface area contributed by atoms with Gasteiger partial charge >= 0.3 is 11.9 Å². The Bertz CT molecular complexity index is 860. The van der Waals surface area contributed by atoms with E-state index in [-0.39, 0.29) is 37.0 Å². The summed E-state index contributed by atoms with van der Waals surface area (Å²) in [5.74, 6) is -0.795. The highest BCUT2D eigenvalue weighted by Crippen LogP contribution is 2.38. The Morgan fingerprint density at radius 2 is 1.85 bits per heavy atom. The predicted molar refractivity (Wildman–Crippen MR) is 137 cm³/mol. The molecule has 192 valence electrons. The van der Waals surface area contributed by atoms with Crippen LogP contribution in [-0.4, -0.2) is 52.0 Å². The summed E-state index contributed by atoms with van der Waals surface area (Å²) in [5.41, 5.74) is 1.21. The minimum atomic E-state index is -1.79. The number of hydrogen-bond donors (Lipinski definition) is 1. The summed E-state index contributed by atoms with van der Waals surface area (Å²) in [7, 11) is -1.79. The van der Waals surface area contributed by atoms with E-state index >= 15 is 0 Å². The second kappa shape index (κ2) is 12.3. The van der Waals surface area contributed by atoms with Crippen molar-refractivity contribution in [3.63, 3.8) is 0 Å². The summed E-state index contributed by atoms with van der Waals surface area (Å²) < 4.78 is 16.5. The standard InChI is InChI=1S/C25H41NO6SSi/c1-8-30-22(27)13-12-19(24(29)31-9-2)26-23(28)21-15-18-11-10-17(14-20(18)33-21)16-32-34(6,7)25(3,4)5/h15,17,19H,8-14,16H2,1-7H3,(H,26,28)/t17?,19-/m0/s1. The molecule has 0 saturated heterocycles. The first-order valence-corrected chi connectivity index (χ1v) is 16.0. The fourth-order valence-corrected chi connectivity index (χ4v) is 5.90. The molecule has 1 N–H and O–H groups in total. The van der Waals surface area contributed by atoms with Gasteiger partial charge in [-0.25, -0.2) is 4.79 Å². The molecule has 0 saturated carbocycles. The Labute approximate surface area is 209 Å². The molecule has 1 amide bonds. The summed E-state index contributed by atoms with van der Waals surface area (Å²) in [4.78, 5) is 38.8. The molecule has 1 heterocycles. The van der Waals surface area contributed by atoms with Crippen molar-refractivity contribution >= 4 is 37.5 Å². The summed E-state index contributed by atoms with van der Waals surface area (Å²) in [6, 6.07) is 1.05. The van der Waals surface area contributed by atoms with Crippen LogP contribution in [0.1, 0.15) is 74.0 Å². The molecule has 1 aliphatic carbocycles. The van der Waals surface area contributed by atoms with Crippen molar-refractivity contribution < 1.29 is 28.3 Å². The van der Waals surface area contributed by atoms with E-state index in [0.29, 0.717) is 10.8 Å². The lowest BCUT2D eigenvalue weighted by molar-refractivity contribution is -0.146. The number of carbonyl (C=O) groups is 3. The van der Waals surface area contributed by atoms with Crippen molar-refractivity contribution in [3.05, 3.63) is 21.4 Å². The molecule has 0 aliphatic heterocycles. The van der Waals surface area contributed by atoms with Gasteiger partial charge in [0.2, 0.25) is 0 Å². The van der Waals surface area contributed by atoms with E-state index in [1.165, 1.54) is 21.8 Å². The average molecular weight is 512 g/mol. The van der Waals surface area contributed by atoms with Crippen molar-refractivity contribution in [2.24, 2.45) is 5.92 Å². The van der Waals surface area contributed by atoms with Gasteiger partial charge in [0, 0.05) is 17.9 Å².